The zero-order valence-electron chi connectivity index (χ0n) is 19.3. The SMILES string of the molecule is O=C(NCc1ccccc1F)c1cnn(-c2ccc(OC3CCN(C4CCCC4)CC3)cc2)c1. The van der Waals surface area contributed by atoms with Gasteiger partial charge in [-0.1, -0.05) is 31.0 Å². The van der Waals surface area contributed by atoms with Crippen molar-refractivity contribution in [3.63, 3.8) is 0 Å². The lowest BCUT2D eigenvalue weighted by molar-refractivity contribution is 0.0768. The topological polar surface area (TPSA) is 59.4 Å². The van der Waals surface area contributed by atoms with Crippen molar-refractivity contribution in [2.75, 3.05) is 13.1 Å². The van der Waals surface area contributed by atoms with Gasteiger partial charge in [0, 0.05) is 37.4 Å². The van der Waals surface area contributed by atoms with Gasteiger partial charge < -0.3 is 15.0 Å². The van der Waals surface area contributed by atoms with Crippen LogP contribution >= 0.6 is 0 Å². The molecular weight excluding hydrogens is 431 g/mol. The van der Waals surface area contributed by atoms with Gasteiger partial charge in [-0.3, -0.25) is 4.79 Å². The summed E-state index contributed by atoms with van der Waals surface area (Å²) >= 11 is 0. The summed E-state index contributed by atoms with van der Waals surface area (Å²) in [6, 6.07) is 15.0. The molecule has 1 saturated carbocycles. The predicted octanol–water partition coefficient (Wildman–Crippen LogP) is 4.73. The molecule has 34 heavy (non-hydrogen) atoms. The van der Waals surface area contributed by atoms with Crippen molar-refractivity contribution in [2.45, 2.75) is 57.2 Å². The van der Waals surface area contributed by atoms with Gasteiger partial charge in [-0.2, -0.15) is 5.10 Å². The van der Waals surface area contributed by atoms with E-state index in [4.69, 9.17) is 4.74 Å². The summed E-state index contributed by atoms with van der Waals surface area (Å²) in [5, 5.41) is 7.05. The lowest BCUT2D eigenvalue weighted by Crippen LogP contribution is -2.43. The molecule has 2 aromatic carbocycles. The van der Waals surface area contributed by atoms with Crippen molar-refractivity contribution >= 4 is 5.91 Å². The summed E-state index contributed by atoms with van der Waals surface area (Å²) < 4.78 is 21.6. The molecule has 6 nitrogen and oxygen atoms in total. The Hall–Kier alpha value is -3.19. The number of carbonyl (C=O) groups is 1. The first-order chi connectivity index (χ1) is 16.7. The average Bonchev–Trinajstić information content (AvgIpc) is 3.57. The molecule has 178 valence electrons. The third-order valence-corrected chi connectivity index (χ3v) is 6.96. The van der Waals surface area contributed by atoms with Gasteiger partial charge in [-0.25, -0.2) is 9.07 Å². The normalized spacial score (nSPS) is 17.7. The maximum Gasteiger partial charge on any atom is 0.254 e. The number of likely N-dealkylation sites (tertiary alicyclic amines) is 1. The van der Waals surface area contributed by atoms with Gasteiger partial charge in [-0.15, -0.1) is 0 Å². The highest BCUT2D eigenvalue weighted by molar-refractivity contribution is 5.93. The molecule has 0 bridgehead atoms. The zero-order chi connectivity index (χ0) is 23.3. The first kappa shape index (κ1) is 22.6. The number of nitrogens with zero attached hydrogens (tertiary/aromatic N) is 3. The van der Waals surface area contributed by atoms with Crippen LogP contribution in [0.3, 0.4) is 0 Å². The Morgan fingerprint density at radius 2 is 1.76 bits per heavy atom. The maximum absolute atomic E-state index is 13.7. The highest BCUT2D eigenvalue weighted by Gasteiger charge is 2.27. The lowest BCUT2D eigenvalue weighted by atomic mass is 10.0. The van der Waals surface area contributed by atoms with Gasteiger partial charge >= 0.3 is 0 Å². The number of rotatable bonds is 7. The van der Waals surface area contributed by atoms with Crippen LogP contribution in [0.1, 0.15) is 54.4 Å². The largest absolute Gasteiger partial charge is 0.490 e. The van der Waals surface area contributed by atoms with E-state index in [0.29, 0.717) is 11.1 Å². The molecule has 2 heterocycles. The molecule has 0 spiro atoms. The number of aromatic nitrogens is 2. The first-order valence-electron chi connectivity index (χ1n) is 12.2. The van der Waals surface area contributed by atoms with Gasteiger partial charge in [-0.05, 0) is 56.0 Å². The number of nitrogens with one attached hydrogen (secondary N) is 1. The number of halogens is 1. The van der Waals surface area contributed by atoms with Gasteiger partial charge in [0.1, 0.15) is 17.7 Å². The van der Waals surface area contributed by atoms with E-state index in [1.807, 2.05) is 24.3 Å². The minimum Gasteiger partial charge on any atom is -0.490 e. The Bertz CT molecular complexity index is 1100. The molecule has 5 rings (SSSR count). The summed E-state index contributed by atoms with van der Waals surface area (Å²) in [6.07, 6.45) is 11.1. The van der Waals surface area contributed by atoms with Gasteiger partial charge in [0.15, 0.2) is 0 Å². The Kier molecular flexibility index (Phi) is 6.90. The third kappa shape index (κ3) is 5.30. The Labute approximate surface area is 199 Å². The summed E-state index contributed by atoms with van der Waals surface area (Å²) in [5.74, 6) is 0.233. The number of piperidine rings is 1. The number of amides is 1. The smallest absolute Gasteiger partial charge is 0.254 e. The minimum absolute atomic E-state index is 0.127. The molecule has 1 N–H and O–H groups in total. The van der Waals surface area contributed by atoms with E-state index >= 15 is 0 Å². The van der Waals surface area contributed by atoms with E-state index in [1.54, 1.807) is 29.1 Å². The van der Waals surface area contributed by atoms with E-state index in [9.17, 15) is 9.18 Å². The van der Waals surface area contributed by atoms with Crippen molar-refractivity contribution in [3.8, 4) is 11.4 Å². The minimum atomic E-state index is -0.333. The maximum atomic E-state index is 13.7. The van der Waals surface area contributed by atoms with E-state index in [-0.39, 0.29) is 24.4 Å². The van der Waals surface area contributed by atoms with Crippen molar-refractivity contribution < 1.29 is 13.9 Å². The van der Waals surface area contributed by atoms with E-state index in [0.717, 1.165) is 43.4 Å². The first-order valence-corrected chi connectivity index (χ1v) is 12.2. The number of hydrogen-bond donors (Lipinski definition) is 1. The summed E-state index contributed by atoms with van der Waals surface area (Å²) in [7, 11) is 0. The fraction of sp³-hybridized carbons (Fsp3) is 0.407. The monoisotopic (exact) mass is 462 g/mol. The summed E-state index contributed by atoms with van der Waals surface area (Å²) in [6.45, 7) is 2.38. The van der Waals surface area contributed by atoms with Crippen molar-refractivity contribution in [2.24, 2.45) is 0 Å². The molecule has 7 heteroatoms. The zero-order valence-corrected chi connectivity index (χ0v) is 19.3. The van der Waals surface area contributed by atoms with Gasteiger partial charge in [0.2, 0.25) is 0 Å². The third-order valence-electron chi connectivity index (χ3n) is 6.96. The molecule has 3 aromatic rings. The van der Waals surface area contributed by atoms with E-state index < -0.39 is 0 Å². The van der Waals surface area contributed by atoms with Crippen LogP contribution in [-0.4, -0.2) is 45.8 Å². The predicted molar refractivity (Wildman–Crippen MR) is 129 cm³/mol. The molecule has 2 fully saturated rings. The Balaban J connectivity index is 1.13. The molecule has 1 aliphatic heterocycles. The summed E-state index contributed by atoms with van der Waals surface area (Å²) in [4.78, 5) is 15.1. The van der Waals surface area contributed by atoms with E-state index in [1.165, 1.54) is 37.9 Å². The Morgan fingerprint density at radius 1 is 1.03 bits per heavy atom. The number of benzene rings is 2. The molecule has 1 aliphatic carbocycles. The number of ether oxygens (including phenoxy) is 1. The highest BCUT2D eigenvalue weighted by Crippen LogP contribution is 2.27. The van der Waals surface area contributed by atoms with Crippen LogP contribution in [-0.2, 0) is 6.54 Å². The van der Waals surface area contributed by atoms with Crippen molar-refractivity contribution in [3.05, 3.63) is 77.9 Å². The fourth-order valence-electron chi connectivity index (χ4n) is 5.00. The fourth-order valence-corrected chi connectivity index (χ4v) is 5.00. The van der Waals surface area contributed by atoms with Crippen molar-refractivity contribution in [1.29, 1.82) is 0 Å². The molecule has 0 unspecified atom stereocenters. The highest BCUT2D eigenvalue weighted by atomic mass is 19.1. The molecule has 1 saturated heterocycles. The molecule has 0 atom stereocenters. The summed E-state index contributed by atoms with van der Waals surface area (Å²) in [5.41, 5.74) is 1.71. The lowest BCUT2D eigenvalue weighted by Gasteiger charge is -2.36. The average molecular weight is 463 g/mol. The van der Waals surface area contributed by atoms with Gasteiger partial charge in [0.05, 0.1) is 17.4 Å². The second-order valence-electron chi connectivity index (χ2n) is 9.23. The van der Waals surface area contributed by atoms with Crippen LogP contribution in [0.15, 0.2) is 60.9 Å². The second-order valence-corrected chi connectivity index (χ2v) is 9.23. The van der Waals surface area contributed by atoms with Crippen LogP contribution in [0.4, 0.5) is 4.39 Å². The molecule has 2 aliphatic rings. The number of hydrogen-bond acceptors (Lipinski definition) is 4. The van der Waals surface area contributed by atoms with E-state index in [2.05, 4.69) is 15.3 Å². The second kappa shape index (κ2) is 10.4. The Morgan fingerprint density at radius 3 is 2.50 bits per heavy atom. The van der Waals surface area contributed by atoms with Crippen LogP contribution < -0.4 is 10.1 Å². The molecule has 1 aromatic heterocycles. The molecule has 1 amide bonds. The van der Waals surface area contributed by atoms with Gasteiger partial charge in [0.25, 0.3) is 5.91 Å². The quantitative estimate of drug-likeness (QED) is 0.552. The standard InChI is InChI=1S/C27H31FN4O2/c28-26-8-4-1-5-20(26)17-29-27(33)21-18-30-32(19-21)23-9-11-24(12-10-23)34-25-13-15-31(16-14-25)22-6-2-3-7-22/h1,4-5,8-12,18-19,22,25H,2-3,6-7,13-17H2,(H,29,33). The van der Waals surface area contributed by atoms with Crippen LogP contribution in [0.25, 0.3) is 5.69 Å². The van der Waals surface area contributed by atoms with Crippen LogP contribution in [0.5, 0.6) is 5.75 Å². The van der Waals surface area contributed by atoms with Crippen LogP contribution in [0.2, 0.25) is 0 Å². The molecule has 0 radical (unpaired) electrons. The van der Waals surface area contributed by atoms with Crippen LogP contribution in [0, 0.1) is 5.82 Å². The molecular formula is C27H31FN4O2. The van der Waals surface area contributed by atoms with Crippen molar-refractivity contribution in [1.82, 2.24) is 20.0 Å². The number of carbonyl (C=O) groups excluding carboxylic acids is 1.